The van der Waals surface area contributed by atoms with Gasteiger partial charge >= 0.3 is 6.18 Å². The minimum atomic E-state index is -4.74. The fraction of sp³-hybridized carbons (Fsp3) is 0.409. The summed E-state index contributed by atoms with van der Waals surface area (Å²) >= 11 is 12.2. The third kappa shape index (κ3) is 6.04. The monoisotopic (exact) mass is 537 g/mol. The summed E-state index contributed by atoms with van der Waals surface area (Å²) in [7, 11) is -3.61. The van der Waals surface area contributed by atoms with Crippen LogP contribution in [-0.2, 0) is 29.0 Å². The Labute approximate surface area is 205 Å². The number of hydrogen-bond donors (Lipinski definition) is 3. The van der Waals surface area contributed by atoms with Crippen LogP contribution in [0, 0.1) is 0 Å². The Morgan fingerprint density at radius 1 is 1.24 bits per heavy atom. The fourth-order valence-electron chi connectivity index (χ4n) is 3.88. The van der Waals surface area contributed by atoms with Gasteiger partial charge < -0.3 is 16.4 Å². The summed E-state index contributed by atoms with van der Waals surface area (Å²) in [5.41, 5.74) is 4.75. The van der Waals surface area contributed by atoms with Gasteiger partial charge in [0.1, 0.15) is 0 Å². The van der Waals surface area contributed by atoms with Crippen molar-refractivity contribution in [2.75, 3.05) is 12.3 Å². The van der Waals surface area contributed by atoms with E-state index in [9.17, 15) is 26.4 Å². The van der Waals surface area contributed by atoms with Crippen molar-refractivity contribution in [1.29, 1.82) is 0 Å². The maximum absolute atomic E-state index is 13.8. The average Bonchev–Trinajstić information content (AvgIpc) is 3.16. The van der Waals surface area contributed by atoms with Crippen LogP contribution in [0.5, 0.6) is 0 Å². The van der Waals surface area contributed by atoms with Gasteiger partial charge in [-0.15, -0.1) is 0 Å². The third-order valence-corrected chi connectivity index (χ3v) is 8.17. The molecule has 3 rings (SSSR count). The van der Waals surface area contributed by atoms with E-state index < -0.39 is 27.5 Å². The van der Waals surface area contributed by atoms with Gasteiger partial charge in [0.05, 0.1) is 16.2 Å². The molecule has 4 N–H and O–H groups in total. The maximum Gasteiger partial charge on any atom is 0.416 e. The lowest BCUT2D eigenvalue weighted by molar-refractivity contribution is -0.138. The van der Waals surface area contributed by atoms with Crippen molar-refractivity contribution in [3.63, 3.8) is 0 Å². The molecule has 0 aromatic heterocycles. The Morgan fingerprint density at radius 2 is 1.94 bits per heavy atom. The van der Waals surface area contributed by atoms with Crippen LogP contribution in [0.15, 0.2) is 35.2 Å². The second-order valence-corrected chi connectivity index (χ2v) is 11.1. The number of sulfone groups is 1. The molecule has 34 heavy (non-hydrogen) atoms. The Hall–Kier alpha value is -1.85. The lowest BCUT2D eigenvalue weighted by atomic mass is 9.95. The van der Waals surface area contributed by atoms with Crippen molar-refractivity contribution in [1.82, 2.24) is 10.6 Å². The van der Waals surface area contributed by atoms with Crippen LogP contribution in [0.3, 0.4) is 0 Å². The van der Waals surface area contributed by atoms with Gasteiger partial charge in [-0.1, -0.05) is 30.1 Å². The topological polar surface area (TPSA) is 101 Å². The second-order valence-electron chi connectivity index (χ2n) is 8.04. The first-order valence-electron chi connectivity index (χ1n) is 10.5. The van der Waals surface area contributed by atoms with Crippen LogP contribution in [0.2, 0.25) is 10.0 Å². The number of nitrogens with two attached hydrogens (primary N) is 1. The minimum absolute atomic E-state index is 0.00976. The quantitative estimate of drug-likeness (QED) is 0.496. The lowest BCUT2D eigenvalue weighted by Crippen LogP contribution is -2.38. The molecule has 1 aliphatic rings. The summed E-state index contributed by atoms with van der Waals surface area (Å²) in [6.07, 6.45) is -4.13. The Kier molecular flexibility index (Phi) is 8.19. The van der Waals surface area contributed by atoms with Gasteiger partial charge in [-0.25, -0.2) is 8.42 Å². The van der Waals surface area contributed by atoms with E-state index in [4.69, 9.17) is 28.9 Å². The van der Waals surface area contributed by atoms with Crippen molar-refractivity contribution in [2.45, 2.75) is 49.5 Å². The maximum atomic E-state index is 13.8. The molecule has 2 aromatic carbocycles. The molecule has 2 atom stereocenters. The first-order chi connectivity index (χ1) is 15.8. The van der Waals surface area contributed by atoms with E-state index in [1.54, 1.807) is 0 Å². The Balaban J connectivity index is 1.89. The standard InChI is InChI=1S/C22H24Cl2F3N3O3S/c1-2-34(32,33)20-4-3-14(23)7-13(20)11-30-21(31)12-8-16(22(25,26)27)15(17(24)9-12)10-19-18(28)5-6-29-19/h3-4,7-9,18-19,29H,2,5-6,10-11,28H2,1H3,(H,30,31)/t18?,19-/m1/s1. The van der Waals surface area contributed by atoms with Crippen molar-refractivity contribution >= 4 is 38.9 Å². The smallest absolute Gasteiger partial charge is 0.348 e. The molecule has 186 valence electrons. The third-order valence-electron chi connectivity index (χ3n) is 5.77. The molecule has 1 heterocycles. The molecule has 2 aromatic rings. The molecular weight excluding hydrogens is 514 g/mol. The van der Waals surface area contributed by atoms with Crippen molar-refractivity contribution in [3.8, 4) is 0 Å². The number of carbonyl (C=O) groups excluding carboxylic acids is 1. The first-order valence-corrected chi connectivity index (χ1v) is 12.9. The predicted molar refractivity (Wildman–Crippen MR) is 125 cm³/mol. The number of halogens is 5. The molecule has 1 aliphatic heterocycles. The molecule has 0 aliphatic carbocycles. The van der Waals surface area contributed by atoms with Crippen LogP contribution in [0.25, 0.3) is 0 Å². The number of rotatable bonds is 7. The molecule has 1 amide bonds. The highest BCUT2D eigenvalue weighted by Gasteiger charge is 2.37. The highest BCUT2D eigenvalue weighted by Crippen LogP contribution is 2.37. The molecular formula is C22H24Cl2F3N3O3S. The zero-order valence-electron chi connectivity index (χ0n) is 18.2. The number of amides is 1. The van der Waals surface area contributed by atoms with E-state index >= 15 is 0 Å². The van der Waals surface area contributed by atoms with Crippen LogP contribution in [0.1, 0.15) is 40.4 Å². The second kappa shape index (κ2) is 10.4. The van der Waals surface area contributed by atoms with E-state index in [0.717, 1.165) is 6.07 Å². The largest absolute Gasteiger partial charge is 0.416 e. The van der Waals surface area contributed by atoms with E-state index in [-0.39, 0.29) is 62.4 Å². The van der Waals surface area contributed by atoms with E-state index in [2.05, 4.69) is 10.6 Å². The molecule has 0 radical (unpaired) electrons. The summed E-state index contributed by atoms with van der Waals surface area (Å²) < 4.78 is 66.2. The van der Waals surface area contributed by atoms with E-state index in [1.165, 1.54) is 31.2 Å². The van der Waals surface area contributed by atoms with Gasteiger partial charge in [-0.3, -0.25) is 4.79 Å². The number of alkyl halides is 3. The summed E-state index contributed by atoms with van der Waals surface area (Å²) in [5.74, 6) is -1.00. The van der Waals surface area contributed by atoms with E-state index in [0.29, 0.717) is 13.0 Å². The number of hydrogen-bond acceptors (Lipinski definition) is 5. The van der Waals surface area contributed by atoms with Gasteiger partial charge in [0.2, 0.25) is 0 Å². The lowest BCUT2D eigenvalue weighted by Gasteiger charge is -2.21. The zero-order chi connectivity index (χ0) is 25.3. The van der Waals surface area contributed by atoms with Crippen LogP contribution in [0.4, 0.5) is 13.2 Å². The number of nitrogens with one attached hydrogen (secondary N) is 2. The summed E-state index contributed by atoms with van der Waals surface area (Å²) in [5, 5.41) is 5.60. The van der Waals surface area contributed by atoms with Gasteiger partial charge in [0.25, 0.3) is 5.91 Å². The minimum Gasteiger partial charge on any atom is -0.348 e. The van der Waals surface area contributed by atoms with Gasteiger partial charge in [-0.2, -0.15) is 13.2 Å². The highest BCUT2D eigenvalue weighted by atomic mass is 35.5. The summed E-state index contributed by atoms with van der Waals surface area (Å²) in [6.45, 7) is 1.82. The molecule has 0 spiro atoms. The fourth-order valence-corrected chi connectivity index (χ4v) is 5.49. The zero-order valence-corrected chi connectivity index (χ0v) is 20.5. The van der Waals surface area contributed by atoms with Gasteiger partial charge in [0, 0.05) is 34.2 Å². The first kappa shape index (κ1) is 26.7. The molecule has 6 nitrogen and oxygen atoms in total. The highest BCUT2D eigenvalue weighted by molar-refractivity contribution is 7.91. The predicted octanol–water partition coefficient (Wildman–Crippen LogP) is 3.97. The van der Waals surface area contributed by atoms with Crippen LogP contribution in [-0.4, -0.2) is 38.7 Å². The van der Waals surface area contributed by atoms with Crippen LogP contribution >= 0.6 is 23.2 Å². The average molecular weight is 538 g/mol. The molecule has 1 unspecified atom stereocenters. The Morgan fingerprint density at radius 3 is 2.53 bits per heavy atom. The van der Waals surface area contributed by atoms with Crippen molar-refractivity contribution in [3.05, 3.63) is 62.6 Å². The van der Waals surface area contributed by atoms with Crippen LogP contribution < -0.4 is 16.4 Å². The van der Waals surface area contributed by atoms with Crippen molar-refractivity contribution in [2.24, 2.45) is 5.73 Å². The van der Waals surface area contributed by atoms with Crippen molar-refractivity contribution < 1.29 is 26.4 Å². The Bertz CT molecular complexity index is 1190. The molecule has 1 saturated heterocycles. The SMILES string of the molecule is CCS(=O)(=O)c1ccc(Cl)cc1CNC(=O)c1cc(Cl)c(C[C@H]2NCCC2N)c(C(F)(F)F)c1. The molecule has 1 fully saturated rings. The summed E-state index contributed by atoms with van der Waals surface area (Å²) in [4.78, 5) is 12.7. The number of benzene rings is 2. The number of carbonyl (C=O) groups is 1. The molecule has 12 heteroatoms. The molecule has 0 saturated carbocycles. The molecule has 0 bridgehead atoms. The van der Waals surface area contributed by atoms with Gasteiger partial charge in [-0.05, 0) is 60.8 Å². The van der Waals surface area contributed by atoms with Gasteiger partial charge in [0.15, 0.2) is 9.84 Å². The summed E-state index contributed by atoms with van der Waals surface area (Å²) in [6, 6.07) is 5.39. The van der Waals surface area contributed by atoms with E-state index in [1.807, 2.05) is 0 Å². The normalized spacial score (nSPS) is 18.8.